The molecular formula is C13H16BrNO5. The van der Waals surface area contributed by atoms with Crippen LogP contribution in [0, 0.1) is 0 Å². The van der Waals surface area contributed by atoms with Gasteiger partial charge in [0.05, 0.1) is 18.2 Å². The van der Waals surface area contributed by atoms with Gasteiger partial charge in [0.2, 0.25) is 5.91 Å². The van der Waals surface area contributed by atoms with Gasteiger partial charge in [0.15, 0.2) is 6.04 Å². The molecule has 6 nitrogen and oxygen atoms in total. The first-order valence-corrected chi connectivity index (χ1v) is 6.63. The molecule has 0 radical (unpaired) electrons. The summed E-state index contributed by atoms with van der Waals surface area (Å²) in [6.07, 6.45) is 0.109. The van der Waals surface area contributed by atoms with Crippen molar-refractivity contribution >= 4 is 27.8 Å². The molecule has 1 aromatic rings. The van der Waals surface area contributed by atoms with Crippen molar-refractivity contribution in [2.75, 3.05) is 20.8 Å². The summed E-state index contributed by atoms with van der Waals surface area (Å²) in [5, 5.41) is 11.7. The zero-order valence-electron chi connectivity index (χ0n) is 11.2. The molecule has 0 aromatic heterocycles. The number of rotatable bonds is 7. The average molecular weight is 346 g/mol. The fourth-order valence-corrected chi connectivity index (χ4v) is 2.14. The van der Waals surface area contributed by atoms with E-state index in [-0.39, 0.29) is 18.9 Å². The first-order valence-electron chi connectivity index (χ1n) is 5.84. The summed E-state index contributed by atoms with van der Waals surface area (Å²) in [7, 11) is 2.99. The first kappa shape index (κ1) is 16.5. The molecule has 1 aromatic carbocycles. The molecule has 0 aliphatic heterocycles. The highest BCUT2D eigenvalue weighted by molar-refractivity contribution is 9.10. The van der Waals surface area contributed by atoms with E-state index in [4.69, 9.17) is 9.47 Å². The number of nitrogens with one attached hydrogen (secondary N) is 1. The summed E-state index contributed by atoms with van der Waals surface area (Å²) in [6, 6.07) is 3.73. The third-order valence-corrected chi connectivity index (χ3v) is 3.21. The maximum atomic E-state index is 11.6. The Morgan fingerprint density at radius 2 is 2.10 bits per heavy atom. The molecule has 0 spiro atoms. The Kier molecular flexibility index (Phi) is 6.47. The molecule has 2 N–H and O–H groups in total. The van der Waals surface area contributed by atoms with Crippen molar-refractivity contribution in [3.05, 3.63) is 28.2 Å². The molecule has 110 valence electrons. The van der Waals surface area contributed by atoms with Crippen LogP contribution in [0.5, 0.6) is 5.75 Å². The molecule has 0 aliphatic rings. The maximum Gasteiger partial charge on any atom is 0.330 e. The number of benzene rings is 1. The van der Waals surface area contributed by atoms with E-state index in [1.54, 1.807) is 18.2 Å². The first-order chi connectivity index (χ1) is 9.49. The molecule has 1 unspecified atom stereocenters. The Morgan fingerprint density at radius 1 is 1.40 bits per heavy atom. The third-order valence-electron chi connectivity index (χ3n) is 2.59. The summed E-state index contributed by atoms with van der Waals surface area (Å²) in [5.74, 6) is -0.928. The van der Waals surface area contributed by atoms with E-state index in [0.717, 1.165) is 0 Å². The van der Waals surface area contributed by atoms with Crippen LogP contribution in [0.3, 0.4) is 0 Å². The number of ether oxygens (including phenoxy) is 2. The van der Waals surface area contributed by atoms with Crippen LogP contribution in [0.15, 0.2) is 22.7 Å². The lowest BCUT2D eigenvalue weighted by molar-refractivity contribution is -0.142. The van der Waals surface area contributed by atoms with Gasteiger partial charge in [-0.3, -0.25) is 4.79 Å². The van der Waals surface area contributed by atoms with Gasteiger partial charge in [0, 0.05) is 13.5 Å². The number of aliphatic carboxylic acids is 1. The minimum atomic E-state index is -1.13. The number of amides is 1. The van der Waals surface area contributed by atoms with Crippen LogP contribution in [0.25, 0.3) is 0 Å². The predicted molar refractivity (Wildman–Crippen MR) is 75.7 cm³/mol. The third kappa shape index (κ3) is 4.50. The van der Waals surface area contributed by atoms with Gasteiger partial charge in [-0.05, 0) is 33.6 Å². The number of methoxy groups -OCH3 is 2. The zero-order valence-corrected chi connectivity index (χ0v) is 12.8. The van der Waals surface area contributed by atoms with Gasteiger partial charge >= 0.3 is 5.97 Å². The van der Waals surface area contributed by atoms with Crippen LogP contribution in [-0.4, -0.2) is 37.8 Å². The molecule has 1 amide bonds. The number of halogens is 1. The fourth-order valence-electron chi connectivity index (χ4n) is 1.58. The summed E-state index contributed by atoms with van der Waals surface area (Å²) in [6.45, 7) is 0.241. The van der Waals surface area contributed by atoms with Crippen molar-refractivity contribution in [1.29, 1.82) is 0 Å². The Balaban J connectivity index is 2.88. The summed E-state index contributed by atoms with van der Waals surface area (Å²) < 4.78 is 10.5. The Morgan fingerprint density at radius 3 is 2.60 bits per heavy atom. The number of carbonyl (C=O) groups is 2. The van der Waals surface area contributed by atoms with E-state index in [0.29, 0.717) is 15.8 Å². The van der Waals surface area contributed by atoms with Crippen molar-refractivity contribution in [2.45, 2.75) is 12.5 Å². The second kappa shape index (κ2) is 7.86. The van der Waals surface area contributed by atoms with Crippen molar-refractivity contribution in [3.63, 3.8) is 0 Å². The van der Waals surface area contributed by atoms with E-state index in [9.17, 15) is 14.7 Å². The highest BCUT2D eigenvalue weighted by atomic mass is 79.9. The molecule has 20 heavy (non-hydrogen) atoms. The van der Waals surface area contributed by atoms with Gasteiger partial charge in [0.25, 0.3) is 0 Å². The summed E-state index contributed by atoms with van der Waals surface area (Å²) in [4.78, 5) is 22.9. The maximum absolute atomic E-state index is 11.6. The fraction of sp³-hybridized carbons (Fsp3) is 0.385. The lowest BCUT2D eigenvalue weighted by atomic mass is 10.1. The monoisotopic (exact) mass is 345 g/mol. The minimum absolute atomic E-state index is 0.109. The standard InChI is InChI=1S/C13H16BrNO5/c1-19-6-5-11(16)15-12(13(17)18)8-3-4-10(20-2)9(14)7-8/h3-4,7,12H,5-6H2,1-2H3,(H,15,16)(H,17,18). The molecule has 7 heteroatoms. The molecule has 0 fully saturated rings. The molecule has 1 rings (SSSR count). The Bertz CT molecular complexity index is 492. The van der Waals surface area contributed by atoms with E-state index >= 15 is 0 Å². The lowest BCUT2D eigenvalue weighted by Crippen LogP contribution is -2.34. The van der Waals surface area contributed by atoms with Crippen LogP contribution in [0.1, 0.15) is 18.0 Å². The molecule has 1 atom stereocenters. The van der Waals surface area contributed by atoms with E-state index in [2.05, 4.69) is 21.2 Å². The highest BCUT2D eigenvalue weighted by Crippen LogP contribution is 2.28. The van der Waals surface area contributed by atoms with Crippen molar-refractivity contribution < 1.29 is 24.2 Å². The van der Waals surface area contributed by atoms with Gasteiger partial charge < -0.3 is 19.9 Å². The van der Waals surface area contributed by atoms with E-state index in [1.807, 2.05) is 0 Å². The van der Waals surface area contributed by atoms with Crippen LogP contribution >= 0.6 is 15.9 Å². The van der Waals surface area contributed by atoms with Gasteiger partial charge in [-0.15, -0.1) is 0 Å². The number of carboxylic acid groups (broad SMARTS) is 1. The molecule has 0 heterocycles. The van der Waals surface area contributed by atoms with Gasteiger partial charge in [-0.2, -0.15) is 0 Å². The highest BCUT2D eigenvalue weighted by Gasteiger charge is 2.22. The molecular weight excluding hydrogens is 330 g/mol. The molecule has 0 saturated heterocycles. The topological polar surface area (TPSA) is 84.9 Å². The largest absolute Gasteiger partial charge is 0.496 e. The Hall–Kier alpha value is -1.60. The second-order valence-electron chi connectivity index (χ2n) is 3.98. The van der Waals surface area contributed by atoms with Crippen molar-refractivity contribution in [2.24, 2.45) is 0 Å². The van der Waals surface area contributed by atoms with Gasteiger partial charge in [-0.25, -0.2) is 4.79 Å². The molecule has 0 saturated carbocycles. The quantitative estimate of drug-likeness (QED) is 0.786. The van der Waals surface area contributed by atoms with Gasteiger partial charge in [0.1, 0.15) is 5.75 Å². The van der Waals surface area contributed by atoms with E-state index in [1.165, 1.54) is 14.2 Å². The second-order valence-corrected chi connectivity index (χ2v) is 4.83. The van der Waals surface area contributed by atoms with Crippen LogP contribution in [-0.2, 0) is 14.3 Å². The molecule has 0 aliphatic carbocycles. The van der Waals surface area contributed by atoms with Crippen LogP contribution in [0.2, 0.25) is 0 Å². The smallest absolute Gasteiger partial charge is 0.330 e. The van der Waals surface area contributed by atoms with Crippen molar-refractivity contribution in [3.8, 4) is 5.75 Å². The SMILES string of the molecule is COCCC(=O)NC(C(=O)O)c1ccc(OC)c(Br)c1. The molecule has 0 bridgehead atoms. The summed E-state index contributed by atoms with van der Waals surface area (Å²) in [5.41, 5.74) is 0.455. The summed E-state index contributed by atoms with van der Waals surface area (Å²) >= 11 is 3.28. The van der Waals surface area contributed by atoms with E-state index < -0.39 is 12.0 Å². The lowest BCUT2D eigenvalue weighted by Gasteiger charge is -2.16. The van der Waals surface area contributed by atoms with Gasteiger partial charge in [-0.1, -0.05) is 6.07 Å². The van der Waals surface area contributed by atoms with Crippen LogP contribution < -0.4 is 10.1 Å². The van der Waals surface area contributed by atoms with Crippen LogP contribution in [0.4, 0.5) is 0 Å². The average Bonchev–Trinajstić information content (AvgIpc) is 2.42. The van der Waals surface area contributed by atoms with Crippen molar-refractivity contribution in [1.82, 2.24) is 5.32 Å². The number of hydrogen-bond donors (Lipinski definition) is 2. The zero-order chi connectivity index (χ0) is 15.1. The normalized spacial score (nSPS) is 11.8. The number of carboxylic acids is 1. The Labute approximate surface area is 125 Å². The number of hydrogen-bond acceptors (Lipinski definition) is 4. The minimum Gasteiger partial charge on any atom is -0.496 e. The number of carbonyl (C=O) groups excluding carboxylic acids is 1. The predicted octanol–water partition coefficient (Wildman–Crippen LogP) is 1.74.